The number of hydrogen-bond acceptors (Lipinski definition) is 3. The van der Waals surface area contributed by atoms with Crippen molar-refractivity contribution < 1.29 is 23.7 Å². The van der Waals surface area contributed by atoms with Crippen LogP contribution in [0.4, 0.5) is 0 Å². The van der Waals surface area contributed by atoms with Gasteiger partial charge < -0.3 is 30.6 Å². The van der Waals surface area contributed by atoms with Gasteiger partial charge in [0, 0.05) is 38.8 Å². The van der Waals surface area contributed by atoms with Gasteiger partial charge in [0.2, 0.25) is 5.91 Å². The van der Waals surface area contributed by atoms with Crippen LogP contribution < -0.4 is 18.9 Å². The Kier molecular flexibility index (Phi) is 8.53. The minimum Gasteiger partial charge on any atom is -0.358 e. The van der Waals surface area contributed by atoms with Crippen LogP contribution in [0.15, 0.2) is 0 Å². The van der Waals surface area contributed by atoms with Gasteiger partial charge in [0.25, 0.3) is 0 Å². The average Bonchev–Trinajstić information content (AvgIpc) is 3.20. The zero-order valence-electron chi connectivity index (χ0n) is 17.1. The Hall–Kier alpha value is -0.0126. The molecule has 0 N–H and O–H groups in total. The molecule has 0 radical (unpaired) electrons. The molecule has 0 unspecified atom stereocenters. The summed E-state index contributed by atoms with van der Waals surface area (Å²) in [6.45, 7) is 10.6. The number of piperazine rings is 1. The van der Waals surface area contributed by atoms with Crippen LogP contribution in [0.2, 0.25) is 0 Å². The molecule has 25 heavy (non-hydrogen) atoms. The van der Waals surface area contributed by atoms with Crippen molar-refractivity contribution in [3.8, 4) is 0 Å². The van der Waals surface area contributed by atoms with E-state index in [4.69, 9.17) is 0 Å². The van der Waals surface area contributed by atoms with Crippen molar-refractivity contribution in [3.63, 3.8) is 0 Å². The van der Waals surface area contributed by atoms with Gasteiger partial charge in [0.1, 0.15) is 0 Å². The maximum atomic E-state index is 12.7. The van der Waals surface area contributed by atoms with Gasteiger partial charge in [0.05, 0.1) is 5.92 Å². The maximum Gasteiger partial charge on any atom is 1.00 e. The fraction of sp³-hybridized carbons (Fsp3) is 0.800. The van der Waals surface area contributed by atoms with Crippen molar-refractivity contribution >= 4 is 5.91 Å². The second kappa shape index (κ2) is 9.27. The first-order valence-electron chi connectivity index (χ1n) is 9.22. The number of nitrogens with zero attached hydrogens (tertiary/aromatic N) is 3. The molecular formula is C20H36LiN3O-2. The summed E-state index contributed by atoms with van der Waals surface area (Å²) in [6.07, 6.45) is 5.21. The second-order valence-corrected chi connectivity index (χ2v) is 8.13. The third-order valence-electron chi connectivity index (χ3n) is 6.54. The smallest absolute Gasteiger partial charge is 0.358 e. The van der Waals surface area contributed by atoms with Gasteiger partial charge in [-0.05, 0) is 32.9 Å². The normalized spacial score (nSPS) is 32.6. The fourth-order valence-corrected chi connectivity index (χ4v) is 5.00. The monoisotopic (exact) mass is 341 g/mol. The summed E-state index contributed by atoms with van der Waals surface area (Å²) in [7, 11) is 0. The molecule has 2 heterocycles. The first-order chi connectivity index (χ1) is 10.6. The van der Waals surface area contributed by atoms with Crippen LogP contribution in [0.1, 0.15) is 39.5 Å². The third-order valence-corrected chi connectivity index (χ3v) is 6.54. The number of rotatable bonds is 3. The molecule has 1 amide bonds. The molecule has 3 aliphatic carbocycles. The van der Waals surface area contributed by atoms with Crippen molar-refractivity contribution in [3.05, 3.63) is 20.8 Å². The van der Waals surface area contributed by atoms with E-state index in [1.54, 1.807) is 5.92 Å². The Labute approximate surface area is 167 Å². The summed E-state index contributed by atoms with van der Waals surface area (Å²) in [5.41, 5.74) is 0. The quantitative estimate of drug-likeness (QED) is 0.513. The van der Waals surface area contributed by atoms with Crippen LogP contribution in [-0.2, 0) is 4.79 Å². The number of carbonyl (C=O) groups is 1. The largest absolute Gasteiger partial charge is 1.00 e. The minimum atomic E-state index is 0. The third kappa shape index (κ3) is 4.46. The molecule has 5 heteroatoms. The Morgan fingerprint density at radius 3 is 2.12 bits per heavy atom. The molecule has 5 rings (SSSR count). The molecule has 5 fully saturated rings. The first-order valence-corrected chi connectivity index (χ1v) is 9.22. The van der Waals surface area contributed by atoms with Gasteiger partial charge in [-0.25, -0.2) is 0 Å². The van der Waals surface area contributed by atoms with E-state index in [2.05, 4.69) is 28.5 Å². The van der Waals surface area contributed by atoms with Crippen LogP contribution in [0.25, 0.3) is 0 Å². The summed E-state index contributed by atoms with van der Waals surface area (Å²) in [4.78, 5) is 20.0. The van der Waals surface area contributed by atoms with Crippen molar-refractivity contribution in [1.82, 2.24) is 14.7 Å². The van der Waals surface area contributed by atoms with E-state index < -0.39 is 0 Å². The summed E-state index contributed by atoms with van der Waals surface area (Å²) in [5.74, 6) is 3.43. The van der Waals surface area contributed by atoms with E-state index in [9.17, 15) is 4.79 Å². The van der Waals surface area contributed by atoms with Gasteiger partial charge in [-0.1, -0.05) is 5.92 Å². The maximum absolute atomic E-state index is 12.7. The molecule has 2 bridgehead atoms. The topological polar surface area (TPSA) is 26.8 Å². The molecule has 5 aliphatic rings. The van der Waals surface area contributed by atoms with E-state index in [-0.39, 0.29) is 39.6 Å². The van der Waals surface area contributed by atoms with Gasteiger partial charge in [-0.15, -0.1) is 0 Å². The number of hydrogen-bond donors (Lipinski definition) is 0. The van der Waals surface area contributed by atoms with Crippen LogP contribution in [0.3, 0.4) is 0 Å². The van der Waals surface area contributed by atoms with E-state index in [0.29, 0.717) is 11.9 Å². The van der Waals surface area contributed by atoms with Crippen LogP contribution in [-0.4, -0.2) is 72.0 Å². The molecule has 3 saturated carbocycles. The predicted molar refractivity (Wildman–Crippen MR) is 100 cm³/mol. The Bertz CT molecular complexity index is 431. The van der Waals surface area contributed by atoms with Crippen molar-refractivity contribution in [1.29, 1.82) is 0 Å². The predicted octanol–water partition coefficient (Wildman–Crippen LogP) is -0.478. The molecule has 0 aromatic carbocycles. The fourth-order valence-electron chi connectivity index (χ4n) is 5.00. The molecule has 2 atom stereocenters. The second-order valence-electron chi connectivity index (χ2n) is 8.13. The zero-order valence-corrected chi connectivity index (χ0v) is 17.1. The van der Waals surface area contributed by atoms with E-state index in [1.165, 1.54) is 19.3 Å². The van der Waals surface area contributed by atoms with Gasteiger partial charge in [0.15, 0.2) is 0 Å². The molecule has 0 aromatic rings. The van der Waals surface area contributed by atoms with Crippen LogP contribution in [0.5, 0.6) is 0 Å². The molecule has 2 saturated heterocycles. The standard InChI is InChI=1S/C18H30N3O.2CH3.Li/c1-13(2)21-4-3-15(12-21)18(22)20-7-5-19(6-8-20)17-11-14-9-16(17)10-14;;;/h13,15-17H,3-12H2,1-2H3;2*1H3;/q3*-1;+1/t15-,17-;;;/m0.../s1. The van der Waals surface area contributed by atoms with E-state index in [0.717, 1.165) is 57.6 Å². The minimum absolute atomic E-state index is 0. The Morgan fingerprint density at radius 2 is 1.64 bits per heavy atom. The summed E-state index contributed by atoms with van der Waals surface area (Å²) < 4.78 is 0. The first kappa shape index (κ1) is 23.0. The average molecular weight is 341 g/mol. The van der Waals surface area contributed by atoms with Crippen molar-refractivity contribution in [2.45, 2.75) is 51.6 Å². The summed E-state index contributed by atoms with van der Waals surface area (Å²) >= 11 is 0. The Morgan fingerprint density at radius 1 is 1.00 bits per heavy atom. The Balaban J connectivity index is 0.00000104. The van der Waals surface area contributed by atoms with Gasteiger partial charge in [-0.2, -0.15) is 19.3 Å². The van der Waals surface area contributed by atoms with Crippen LogP contribution in [0, 0.1) is 32.6 Å². The number of amides is 1. The van der Waals surface area contributed by atoms with E-state index in [1.807, 2.05) is 0 Å². The van der Waals surface area contributed by atoms with Crippen molar-refractivity contribution in [2.24, 2.45) is 11.8 Å². The summed E-state index contributed by atoms with van der Waals surface area (Å²) in [6, 6.07) is 1.39. The molecule has 0 aromatic heterocycles. The van der Waals surface area contributed by atoms with E-state index >= 15 is 0 Å². The SMILES string of the molecule is CC(C)N1CC[C@H](C(=O)N2CCN([C@H]3C[C-]4CC3C4)CC2)C1.[CH3-].[CH3-].[Li+]. The van der Waals surface area contributed by atoms with Crippen molar-refractivity contribution in [2.75, 3.05) is 39.3 Å². The number of likely N-dealkylation sites (tertiary alicyclic amines) is 1. The molecular weight excluding hydrogens is 305 g/mol. The van der Waals surface area contributed by atoms with Crippen LogP contribution >= 0.6 is 0 Å². The molecule has 0 spiro atoms. The number of carbonyl (C=O) groups excluding carboxylic acids is 1. The summed E-state index contributed by atoms with van der Waals surface area (Å²) in [5, 5.41) is 0. The zero-order chi connectivity index (χ0) is 15.3. The number of fused-ring (bicyclic) bond motifs is 1. The molecule has 140 valence electrons. The molecule has 2 aliphatic heterocycles. The molecule has 4 nitrogen and oxygen atoms in total. The van der Waals surface area contributed by atoms with Gasteiger partial charge >= 0.3 is 18.9 Å². The van der Waals surface area contributed by atoms with Gasteiger partial charge in [-0.3, -0.25) is 9.69 Å².